The van der Waals surface area contributed by atoms with Crippen molar-refractivity contribution in [3.05, 3.63) is 11.6 Å². The standard InChI is InChI=1S/C16H25FO3/c1-10(2)5-6-12-15(3,20-12)14-13(18-4)11(17)7-8-16(14)9-19-16/h5,11-14H,6-9H2,1-4H3/t11?,12-,13-,14-,15+,16+/m1/s1. The van der Waals surface area contributed by atoms with Crippen molar-refractivity contribution < 1.29 is 18.6 Å². The van der Waals surface area contributed by atoms with Gasteiger partial charge in [-0.3, -0.25) is 0 Å². The van der Waals surface area contributed by atoms with Gasteiger partial charge in [-0.25, -0.2) is 4.39 Å². The zero-order chi connectivity index (χ0) is 14.5. The summed E-state index contributed by atoms with van der Waals surface area (Å²) >= 11 is 0. The van der Waals surface area contributed by atoms with Crippen molar-refractivity contribution in [1.29, 1.82) is 0 Å². The molecule has 1 saturated carbocycles. The van der Waals surface area contributed by atoms with E-state index >= 15 is 0 Å². The monoisotopic (exact) mass is 284 g/mol. The summed E-state index contributed by atoms with van der Waals surface area (Å²) in [6.07, 6.45) is 3.23. The molecule has 0 amide bonds. The fourth-order valence-corrected chi connectivity index (χ4v) is 3.93. The fraction of sp³-hybridized carbons (Fsp3) is 0.875. The van der Waals surface area contributed by atoms with Crippen LogP contribution in [0.5, 0.6) is 0 Å². The molecule has 3 nitrogen and oxygen atoms in total. The highest BCUT2D eigenvalue weighted by atomic mass is 19.1. The average Bonchev–Trinajstić information content (AvgIpc) is 3.29. The predicted octanol–water partition coefficient (Wildman–Crippen LogP) is 3.03. The number of epoxide rings is 2. The first-order valence-electron chi connectivity index (χ1n) is 7.55. The second kappa shape index (κ2) is 4.79. The smallest absolute Gasteiger partial charge is 0.127 e. The highest BCUT2D eigenvalue weighted by Crippen LogP contribution is 2.59. The van der Waals surface area contributed by atoms with E-state index in [2.05, 4.69) is 26.8 Å². The first-order chi connectivity index (χ1) is 9.43. The molecule has 20 heavy (non-hydrogen) atoms. The van der Waals surface area contributed by atoms with Crippen molar-refractivity contribution in [2.75, 3.05) is 13.7 Å². The minimum Gasteiger partial charge on any atom is -0.378 e. The van der Waals surface area contributed by atoms with E-state index in [9.17, 15) is 4.39 Å². The molecule has 114 valence electrons. The highest BCUT2D eigenvalue weighted by molar-refractivity contribution is 5.20. The summed E-state index contributed by atoms with van der Waals surface area (Å²) < 4.78 is 31.4. The summed E-state index contributed by atoms with van der Waals surface area (Å²) in [6, 6.07) is 0. The summed E-state index contributed by atoms with van der Waals surface area (Å²) in [7, 11) is 1.60. The molecule has 0 aromatic heterocycles. The Morgan fingerprint density at radius 2 is 2.15 bits per heavy atom. The van der Waals surface area contributed by atoms with Crippen LogP contribution in [-0.2, 0) is 14.2 Å². The predicted molar refractivity (Wildman–Crippen MR) is 74.4 cm³/mol. The van der Waals surface area contributed by atoms with Gasteiger partial charge in [0.25, 0.3) is 0 Å². The highest BCUT2D eigenvalue weighted by Gasteiger charge is 2.71. The van der Waals surface area contributed by atoms with Crippen molar-refractivity contribution in [2.45, 2.75) is 69.6 Å². The van der Waals surface area contributed by atoms with Crippen LogP contribution < -0.4 is 0 Å². The second-order valence-electron chi connectivity index (χ2n) is 6.89. The Morgan fingerprint density at radius 3 is 2.70 bits per heavy atom. The molecular weight excluding hydrogens is 259 g/mol. The van der Waals surface area contributed by atoms with E-state index in [4.69, 9.17) is 14.2 Å². The topological polar surface area (TPSA) is 34.3 Å². The van der Waals surface area contributed by atoms with Gasteiger partial charge in [-0.05, 0) is 40.0 Å². The average molecular weight is 284 g/mol. The molecule has 1 spiro atoms. The van der Waals surface area contributed by atoms with Gasteiger partial charge in [0.05, 0.1) is 30.3 Å². The molecule has 0 bridgehead atoms. The molecule has 3 rings (SSSR count). The van der Waals surface area contributed by atoms with Crippen LogP contribution in [0.25, 0.3) is 0 Å². The van der Waals surface area contributed by atoms with Crippen LogP contribution in [0.4, 0.5) is 4.39 Å². The van der Waals surface area contributed by atoms with Crippen LogP contribution in [-0.4, -0.2) is 43.3 Å². The summed E-state index contributed by atoms with van der Waals surface area (Å²) in [5.41, 5.74) is 0.779. The number of rotatable bonds is 4. The largest absolute Gasteiger partial charge is 0.378 e. The maximum Gasteiger partial charge on any atom is 0.127 e. The van der Waals surface area contributed by atoms with Crippen LogP contribution in [0.15, 0.2) is 11.6 Å². The fourth-order valence-electron chi connectivity index (χ4n) is 3.93. The SMILES string of the molecule is CO[C@@H]1C(F)CC[C@]2(CO2)[C@H]1[C@@]1(C)O[C@@H]1CC=C(C)C. The van der Waals surface area contributed by atoms with Gasteiger partial charge in [-0.15, -0.1) is 0 Å². The summed E-state index contributed by atoms with van der Waals surface area (Å²) in [6.45, 7) is 6.98. The lowest BCUT2D eigenvalue weighted by molar-refractivity contribution is -0.0905. The van der Waals surface area contributed by atoms with Gasteiger partial charge in [0, 0.05) is 7.11 Å². The Morgan fingerprint density at radius 1 is 1.45 bits per heavy atom. The van der Waals surface area contributed by atoms with Crippen molar-refractivity contribution in [3.8, 4) is 0 Å². The molecule has 3 aliphatic rings. The second-order valence-corrected chi connectivity index (χ2v) is 6.89. The minimum absolute atomic E-state index is 0.000637. The van der Waals surface area contributed by atoms with Gasteiger partial charge in [0.2, 0.25) is 0 Å². The van der Waals surface area contributed by atoms with Crippen LogP contribution >= 0.6 is 0 Å². The van der Waals surface area contributed by atoms with Gasteiger partial charge < -0.3 is 14.2 Å². The molecule has 0 aromatic carbocycles. The molecule has 0 aromatic rings. The van der Waals surface area contributed by atoms with E-state index in [1.54, 1.807) is 7.11 Å². The van der Waals surface area contributed by atoms with E-state index in [0.29, 0.717) is 6.42 Å². The number of ether oxygens (including phenoxy) is 3. The molecule has 2 saturated heterocycles. The summed E-state index contributed by atoms with van der Waals surface area (Å²) in [4.78, 5) is 0. The van der Waals surface area contributed by atoms with Crippen molar-refractivity contribution in [1.82, 2.24) is 0 Å². The van der Waals surface area contributed by atoms with Crippen molar-refractivity contribution in [3.63, 3.8) is 0 Å². The minimum atomic E-state index is -0.912. The third kappa shape index (κ3) is 2.22. The zero-order valence-corrected chi connectivity index (χ0v) is 12.8. The van der Waals surface area contributed by atoms with Gasteiger partial charge in [0.1, 0.15) is 11.8 Å². The van der Waals surface area contributed by atoms with Gasteiger partial charge in [-0.1, -0.05) is 11.6 Å². The van der Waals surface area contributed by atoms with E-state index < -0.39 is 12.3 Å². The van der Waals surface area contributed by atoms with Gasteiger partial charge in [-0.2, -0.15) is 0 Å². The summed E-state index contributed by atoms with van der Waals surface area (Å²) in [5, 5.41) is 0. The Kier molecular flexibility index (Phi) is 3.47. The molecule has 1 unspecified atom stereocenters. The molecule has 4 heteroatoms. The number of hydrogen-bond donors (Lipinski definition) is 0. The first-order valence-corrected chi connectivity index (χ1v) is 7.55. The third-order valence-corrected chi connectivity index (χ3v) is 5.22. The Balaban J connectivity index is 1.78. The van der Waals surface area contributed by atoms with E-state index in [1.165, 1.54) is 5.57 Å². The molecule has 2 aliphatic heterocycles. The molecule has 0 N–H and O–H groups in total. The maximum absolute atomic E-state index is 14.2. The Labute approximate surface area is 120 Å². The lowest BCUT2D eigenvalue weighted by atomic mass is 9.68. The Bertz CT molecular complexity index is 414. The molecule has 3 fully saturated rings. The van der Waals surface area contributed by atoms with Crippen LogP contribution in [0.2, 0.25) is 0 Å². The normalized spacial score (nSPS) is 50.0. The molecule has 1 aliphatic carbocycles. The Hall–Kier alpha value is -0.450. The third-order valence-electron chi connectivity index (χ3n) is 5.22. The van der Waals surface area contributed by atoms with Crippen molar-refractivity contribution in [2.24, 2.45) is 5.92 Å². The maximum atomic E-state index is 14.2. The van der Waals surface area contributed by atoms with Crippen LogP contribution in [0.1, 0.15) is 40.0 Å². The van der Waals surface area contributed by atoms with Crippen molar-refractivity contribution >= 4 is 0 Å². The lowest BCUT2D eigenvalue weighted by Gasteiger charge is -2.40. The number of methoxy groups -OCH3 is 1. The number of halogens is 1. The molecule has 6 atom stereocenters. The quantitative estimate of drug-likeness (QED) is 0.588. The van der Waals surface area contributed by atoms with E-state index in [-0.39, 0.29) is 23.2 Å². The number of allylic oxidation sites excluding steroid dienone is 1. The molecule has 2 heterocycles. The van der Waals surface area contributed by atoms with E-state index in [0.717, 1.165) is 19.4 Å². The number of hydrogen-bond acceptors (Lipinski definition) is 3. The van der Waals surface area contributed by atoms with E-state index in [1.807, 2.05) is 0 Å². The van der Waals surface area contributed by atoms with Gasteiger partial charge in [0.15, 0.2) is 0 Å². The van der Waals surface area contributed by atoms with Crippen LogP contribution in [0.3, 0.4) is 0 Å². The molecule has 0 radical (unpaired) electrons. The summed E-state index contributed by atoms with van der Waals surface area (Å²) in [5.74, 6) is -0.000637. The van der Waals surface area contributed by atoms with Crippen LogP contribution in [0, 0.1) is 5.92 Å². The van der Waals surface area contributed by atoms with Gasteiger partial charge >= 0.3 is 0 Å². The lowest BCUT2D eigenvalue weighted by Crippen LogP contribution is -2.53. The zero-order valence-electron chi connectivity index (χ0n) is 12.8. The molecular formula is C16H25FO3. The number of alkyl halides is 1. The first kappa shape index (κ1) is 14.5.